The molecule has 0 aliphatic rings. The van der Waals surface area contributed by atoms with Crippen LogP contribution in [0.3, 0.4) is 0 Å². The van der Waals surface area contributed by atoms with E-state index in [0.717, 1.165) is 33.6 Å². The molecule has 0 unspecified atom stereocenters. The van der Waals surface area contributed by atoms with Crippen LogP contribution in [-0.2, 0) is 0 Å². The lowest BCUT2D eigenvalue weighted by Gasteiger charge is -2.10. The van der Waals surface area contributed by atoms with Gasteiger partial charge >= 0.3 is 0 Å². The number of amides is 1. The van der Waals surface area contributed by atoms with Gasteiger partial charge in [0.05, 0.1) is 5.69 Å². The van der Waals surface area contributed by atoms with Gasteiger partial charge in [-0.3, -0.25) is 4.79 Å². The highest BCUT2D eigenvalue weighted by atomic mass is 35.5. The number of hydrogen-bond donors (Lipinski definition) is 1. The number of aromatic nitrogens is 3. The van der Waals surface area contributed by atoms with Gasteiger partial charge in [0.1, 0.15) is 0 Å². The third kappa shape index (κ3) is 3.98. The van der Waals surface area contributed by atoms with E-state index in [9.17, 15) is 4.79 Å². The molecule has 0 aliphatic carbocycles. The van der Waals surface area contributed by atoms with Gasteiger partial charge in [-0.05, 0) is 68.3 Å². The number of benzene rings is 3. The SMILES string of the molecule is Cc1ccc(-n2nc(C(=O)Nc3ccccc3C)nc2-c2ccc(Cl)cc2)c(C)c1. The quantitative estimate of drug-likeness (QED) is 0.459. The predicted octanol–water partition coefficient (Wildman–Crippen LogP) is 5.77. The van der Waals surface area contributed by atoms with Crippen LogP contribution in [0.25, 0.3) is 17.1 Å². The van der Waals surface area contributed by atoms with Crippen molar-refractivity contribution >= 4 is 23.2 Å². The highest BCUT2D eigenvalue weighted by molar-refractivity contribution is 6.30. The van der Waals surface area contributed by atoms with Crippen LogP contribution < -0.4 is 5.32 Å². The Hall–Kier alpha value is -3.44. The van der Waals surface area contributed by atoms with Crippen LogP contribution >= 0.6 is 11.6 Å². The van der Waals surface area contributed by atoms with Crippen molar-refractivity contribution in [3.8, 4) is 17.1 Å². The fraction of sp³-hybridized carbons (Fsp3) is 0.125. The Bertz CT molecular complexity index is 1230. The van der Waals surface area contributed by atoms with Gasteiger partial charge in [-0.2, -0.15) is 0 Å². The van der Waals surface area contributed by atoms with Crippen molar-refractivity contribution in [3.63, 3.8) is 0 Å². The molecule has 6 heteroatoms. The van der Waals surface area contributed by atoms with E-state index in [0.29, 0.717) is 10.8 Å². The van der Waals surface area contributed by atoms with E-state index in [2.05, 4.69) is 21.5 Å². The average molecular weight is 417 g/mol. The fourth-order valence-electron chi connectivity index (χ4n) is 3.30. The van der Waals surface area contributed by atoms with E-state index in [-0.39, 0.29) is 11.7 Å². The first-order valence-corrected chi connectivity index (χ1v) is 9.98. The summed E-state index contributed by atoms with van der Waals surface area (Å²) in [4.78, 5) is 17.5. The second-order valence-corrected chi connectivity index (χ2v) is 7.67. The topological polar surface area (TPSA) is 59.8 Å². The minimum absolute atomic E-state index is 0.100. The van der Waals surface area contributed by atoms with Crippen molar-refractivity contribution in [1.82, 2.24) is 14.8 Å². The Balaban J connectivity index is 1.80. The number of nitrogens with zero attached hydrogens (tertiary/aromatic N) is 3. The van der Waals surface area contributed by atoms with E-state index in [1.807, 2.05) is 69.3 Å². The molecule has 0 bridgehead atoms. The number of hydrogen-bond acceptors (Lipinski definition) is 3. The standard InChI is InChI=1S/C24H21ClN4O/c1-15-8-13-21(17(3)14-15)29-23(18-9-11-19(25)12-10-18)27-22(28-29)24(30)26-20-7-5-4-6-16(20)2/h4-14H,1-3H3,(H,26,30). The summed E-state index contributed by atoms with van der Waals surface area (Å²) in [6, 6.07) is 21.0. The van der Waals surface area contributed by atoms with E-state index >= 15 is 0 Å². The van der Waals surface area contributed by atoms with Gasteiger partial charge in [-0.1, -0.05) is 47.5 Å². The van der Waals surface area contributed by atoms with E-state index < -0.39 is 0 Å². The first-order valence-electron chi connectivity index (χ1n) is 9.60. The summed E-state index contributed by atoms with van der Waals surface area (Å²) in [6.45, 7) is 6.00. The van der Waals surface area contributed by atoms with Crippen LogP contribution in [0.2, 0.25) is 5.02 Å². The second-order valence-electron chi connectivity index (χ2n) is 7.24. The zero-order valence-corrected chi connectivity index (χ0v) is 17.7. The van der Waals surface area contributed by atoms with Crippen molar-refractivity contribution in [1.29, 1.82) is 0 Å². The summed E-state index contributed by atoms with van der Waals surface area (Å²) in [7, 11) is 0. The molecule has 4 rings (SSSR count). The number of carbonyl (C=O) groups excluding carboxylic acids is 1. The maximum atomic E-state index is 12.9. The zero-order chi connectivity index (χ0) is 21.3. The Morgan fingerprint density at radius 3 is 2.37 bits per heavy atom. The predicted molar refractivity (Wildman–Crippen MR) is 120 cm³/mol. The summed E-state index contributed by atoms with van der Waals surface area (Å²) in [6.07, 6.45) is 0. The van der Waals surface area contributed by atoms with Gasteiger partial charge in [-0.25, -0.2) is 9.67 Å². The summed E-state index contributed by atoms with van der Waals surface area (Å²) < 4.78 is 1.71. The molecule has 3 aromatic carbocycles. The number of anilines is 1. The fourth-order valence-corrected chi connectivity index (χ4v) is 3.42. The molecule has 5 nitrogen and oxygen atoms in total. The number of rotatable bonds is 4. The molecule has 30 heavy (non-hydrogen) atoms. The van der Waals surface area contributed by atoms with Crippen LogP contribution in [0, 0.1) is 20.8 Å². The highest BCUT2D eigenvalue weighted by Crippen LogP contribution is 2.25. The van der Waals surface area contributed by atoms with Crippen LogP contribution in [0.1, 0.15) is 27.3 Å². The lowest BCUT2D eigenvalue weighted by Crippen LogP contribution is -2.15. The van der Waals surface area contributed by atoms with Crippen molar-refractivity contribution in [2.75, 3.05) is 5.32 Å². The molecule has 4 aromatic rings. The first kappa shape index (κ1) is 19.9. The Labute approximate surface area is 180 Å². The molecule has 0 aliphatic heterocycles. The number of para-hydroxylation sites is 1. The number of aryl methyl sites for hydroxylation is 3. The molecule has 0 spiro atoms. The molecule has 0 fully saturated rings. The molecule has 0 saturated heterocycles. The molecule has 0 saturated carbocycles. The van der Waals surface area contributed by atoms with Crippen molar-refractivity contribution in [3.05, 3.63) is 94.3 Å². The minimum Gasteiger partial charge on any atom is -0.319 e. The number of halogens is 1. The van der Waals surface area contributed by atoms with Crippen molar-refractivity contribution in [2.45, 2.75) is 20.8 Å². The third-order valence-electron chi connectivity index (χ3n) is 4.89. The van der Waals surface area contributed by atoms with E-state index in [4.69, 9.17) is 11.6 Å². The Morgan fingerprint density at radius 1 is 0.933 bits per heavy atom. The zero-order valence-electron chi connectivity index (χ0n) is 17.0. The summed E-state index contributed by atoms with van der Waals surface area (Å²) in [5.74, 6) is 0.319. The molecule has 1 amide bonds. The van der Waals surface area contributed by atoms with Crippen LogP contribution in [0.4, 0.5) is 5.69 Å². The highest BCUT2D eigenvalue weighted by Gasteiger charge is 2.20. The molecule has 150 valence electrons. The van der Waals surface area contributed by atoms with Crippen LogP contribution in [-0.4, -0.2) is 20.7 Å². The normalized spacial score (nSPS) is 10.8. The average Bonchev–Trinajstić information content (AvgIpc) is 3.15. The first-order chi connectivity index (χ1) is 14.4. The van der Waals surface area contributed by atoms with Crippen LogP contribution in [0.15, 0.2) is 66.7 Å². The monoisotopic (exact) mass is 416 g/mol. The van der Waals surface area contributed by atoms with Gasteiger partial charge in [0, 0.05) is 16.3 Å². The molecule has 0 radical (unpaired) electrons. The Kier molecular flexibility index (Phi) is 5.38. The van der Waals surface area contributed by atoms with Crippen molar-refractivity contribution < 1.29 is 4.79 Å². The minimum atomic E-state index is -0.358. The molecular formula is C24H21ClN4O. The van der Waals surface area contributed by atoms with Gasteiger partial charge < -0.3 is 5.32 Å². The van der Waals surface area contributed by atoms with Gasteiger partial charge in [0.25, 0.3) is 5.91 Å². The van der Waals surface area contributed by atoms with Gasteiger partial charge in [0.15, 0.2) is 5.82 Å². The Morgan fingerprint density at radius 2 is 1.67 bits per heavy atom. The lowest BCUT2D eigenvalue weighted by molar-refractivity contribution is 0.101. The largest absolute Gasteiger partial charge is 0.319 e. The smallest absolute Gasteiger partial charge is 0.295 e. The van der Waals surface area contributed by atoms with E-state index in [1.165, 1.54) is 0 Å². The summed E-state index contributed by atoms with van der Waals surface area (Å²) in [5, 5.41) is 8.09. The molecule has 1 heterocycles. The van der Waals surface area contributed by atoms with Crippen molar-refractivity contribution in [2.24, 2.45) is 0 Å². The van der Waals surface area contributed by atoms with Crippen LogP contribution in [0.5, 0.6) is 0 Å². The lowest BCUT2D eigenvalue weighted by atomic mass is 10.1. The maximum Gasteiger partial charge on any atom is 0.295 e. The number of nitrogens with one attached hydrogen (secondary N) is 1. The maximum absolute atomic E-state index is 12.9. The van der Waals surface area contributed by atoms with Gasteiger partial charge in [0.2, 0.25) is 5.82 Å². The summed E-state index contributed by atoms with van der Waals surface area (Å²) >= 11 is 6.05. The van der Waals surface area contributed by atoms with Gasteiger partial charge in [-0.15, -0.1) is 5.10 Å². The third-order valence-corrected chi connectivity index (χ3v) is 5.14. The molecular weight excluding hydrogens is 396 g/mol. The molecule has 1 N–H and O–H groups in total. The second kappa shape index (κ2) is 8.13. The number of carbonyl (C=O) groups is 1. The van der Waals surface area contributed by atoms with E-state index in [1.54, 1.807) is 16.8 Å². The summed E-state index contributed by atoms with van der Waals surface area (Å²) in [5.41, 5.74) is 5.59. The molecule has 0 atom stereocenters. The molecule has 1 aromatic heterocycles.